The Morgan fingerprint density at radius 3 is 2.64 bits per heavy atom. The van der Waals surface area contributed by atoms with Crippen molar-refractivity contribution in [1.82, 2.24) is 15.8 Å². The number of ether oxygens (including phenoxy) is 1. The maximum absolute atomic E-state index is 12.0. The first kappa shape index (κ1) is 17.7. The summed E-state index contributed by atoms with van der Waals surface area (Å²) in [4.78, 5) is 23.5. The van der Waals surface area contributed by atoms with Gasteiger partial charge in [0.15, 0.2) is 0 Å². The number of hydrogen-bond donors (Lipinski definition) is 2. The molecule has 0 unspecified atom stereocenters. The van der Waals surface area contributed by atoms with Gasteiger partial charge in [-0.25, -0.2) is 9.80 Å². The van der Waals surface area contributed by atoms with Gasteiger partial charge in [-0.3, -0.25) is 10.2 Å². The zero-order valence-electron chi connectivity index (χ0n) is 13.0. The molecule has 0 radical (unpaired) electrons. The SMILES string of the molecule is C=CCN(CC(=O)OCC)NC(=O)N[C@H](C)c1ccccc1. The van der Waals surface area contributed by atoms with Crippen LogP contribution in [0.4, 0.5) is 4.79 Å². The topological polar surface area (TPSA) is 70.7 Å². The van der Waals surface area contributed by atoms with Crippen molar-refractivity contribution in [1.29, 1.82) is 0 Å². The van der Waals surface area contributed by atoms with E-state index in [1.807, 2.05) is 37.3 Å². The van der Waals surface area contributed by atoms with E-state index in [0.29, 0.717) is 13.2 Å². The molecule has 1 aromatic rings. The normalized spacial score (nSPS) is 11.6. The van der Waals surface area contributed by atoms with Gasteiger partial charge in [0.1, 0.15) is 6.54 Å². The average molecular weight is 305 g/mol. The number of hydrazine groups is 1. The van der Waals surface area contributed by atoms with Gasteiger partial charge in [0.05, 0.1) is 12.6 Å². The molecular formula is C16H23N3O3. The second kappa shape index (κ2) is 9.57. The van der Waals surface area contributed by atoms with Crippen molar-refractivity contribution in [3.05, 3.63) is 48.6 Å². The number of amides is 2. The van der Waals surface area contributed by atoms with E-state index in [4.69, 9.17) is 4.74 Å². The van der Waals surface area contributed by atoms with Crippen molar-refractivity contribution in [2.45, 2.75) is 19.9 Å². The van der Waals surface area contributed by atoms with Crippen LogP contribution in [0, 0.1) is 0 Å². The van der Waals surface area contributed by atoms with E-state index in [2.05, 4.69) is 17.3 Å². The van der Waals surface area contributed by atoms with Crippen LogP contribution in [0.3, 0.4) is 0 Å². The third kappa shape index (κ3) is 6.41. The maximum Gasteiger partial charge on any atom is 0.329 e. The minimum Gasteiger partial charge on any atom is -0.465 e. The number of benzene rings is 1. The molecule has 0 aliphatic carbocycles. The fourth-order valence-corrected chi connectivity index (χ4v) is 1.87. The minimum atomic E-state index is -0.402. The Hall–Kier alpha value is -2.34. The summed E-state index contributed by atoms with van der Waals surface area (Å²) in [6.45, 7) is 7.83. The van der Waals surface area contributed by atoms with Gasteiger partial charge in [-0.2, -0.15) is 0 Å². The van der Waals surface area contributed by atoms with Crippen molar-refractivity contribution in [2.24, 2.45) is 0 Å². The van der Waals surface area contributed by atoms with Gasteiger partial charge in [0.25, 0.3) is 0 Å². The van der Waals surface area contributed by atoms with Crippen LogP contribution in [0.1, 0.15) is 25.5 Å². The predicted octanol–water partition coefficient (Wildman–Crippen LogP) is 2.01. The van der Waals surface area contributed by atoms with Gasteiger partial charge in [-0.15, -0.1) is 6.58 Å². The van der Waals surface area contributed by atoms with Crippen molar-refractivity contribution < 1.29 is 14.3 Å². The molecule has 2 amide bonds. The molecule has 1 rings (SSSR count). The Kier molecular flexibility index (Phi) is 7.70. The Morgan fingerprint density at radius 1 is 1.36 bits per heavy atom. The highest BCUT2D eigenvalue weighted by atomic mass is 16.5. The first-order valence-corrected chi connectivity index (χ1v) is 7.20. The van der Waals surface area contributed by atoms with Crippen LogP contribution in [0.25, 0.3) is 0 Å². The number of hydrogen-bond acceptors (Lipinski definition) is 4. The third-order valence-corrected chi connectivity index (χ3v) is 2.88. The first-order chi connectivity index (χ1) is 10.6. The number of nitrogens with one attached hydrogen (secondary N) is 2. The Balaban J connectivity index is 2.52. The number of urea groups is 1. The Labute approximate surface area is 131 Å². The summed E-state index contributed by atoms with van der Waals surface area (Å²) in [5, 5.41) is 4.25. The van der Waals surface area contributed by atoms with Gasteiger partial charge in [0.2, 0.25) is 0 Å². The van der Waals surface area contributed by atoms with E-state index in [-0.39, 0.29) is 18.6 Å². The van der Waals surface area contributed by atoms with Crippen molar-refractivity contribution >= 4 is 12.0 Å². The van der Waals surface area contributed by atoms with Gasteiger partial charge in [0, 0.05) is 6.54 Å². The average Bonchev–Trinajstić information content (AvgIpc) is 2.48. The van der Waals surface area contributed by atoms with E-state index < -0.39 is 5.97 Å². The molecule has 2 N–H and O–H groups in total. The van der Waals surface area contributed by atoms with Crippen molar-refractivity contribution in [3.8, 4) is 0 Å². The smallest absolute Gasteiger partial charge is 0.329 e. The van der Waals surface area contributed by atoms with Gasteiger partial charge >= 0.3 is 12.0 Å². The molecule has 0 fully saturated rings. The predicted molar refractivity (Wildman–Crippen MR) is 84.9 cm³/mol. The molecular weight excluding hydrogens is 282 g/mol. The molecule has 0 aliphatic rings. The van der Waals surface area contributed by atoms with Crippen LogP contribution in [0.5, 0.6) is 0 Å². The lowest BCUT2D eigenvalue weighted by Crippen LogP contribution is -2.49. The lowest BCUT2D eigenvalue weighted by atomic mass is 10.1. The summed E-state index contributed by atoms with van der Waals surface area (Å²) >= 11 is 0. The van der Waals surface area contributed by atoms with Crippen LogP contribution in [-0.4, -0.2) is 36.7 Å². The summed E-state index contributed by atoms with van der Waals surface area (Å²) in [6, 6.07) is 9.08. The molecule has 0 spiro atoms. The van der Waals surface area contributed by atoms with Crippen LogP contribution < -0.4 is 10.7 Å². The summed E-state index contributed by atoms with van der Waals surface area (Å²) in [5.74, 6) is -0.402. The number of nitrogens with zero attached hydrogens (tertiary/aromatic N) is 1. The zero-order valence-corrected chi connectivity index (χ0v) is 13.0. The van der Waals surface area contributed by atoms with Gasteiger partial charge in [-0.1, -0.05) is 36.4 Å². The number of esters is 1. The van der Waals surface area contributed by atoms with Crippen LogP contribution in [-0.2, 0) is 9.53 Å². The lowest BCUT2D eigenvalue weighted by Gasteiger charge is -2.22. The fourth-order valence-electron chi connectivity index (χ4n) is 1.87. The molecule has 0 saturated carbocycles. The molecule has 22 heavy (non-hydrogen) atoms. The van der Waals surface area contributed by atoms with E-state index in [9.17, 15) is 9.59 Å². The summed E-state index contributed by atoms with van der Waals surface area (Å²) in [7, 11) is 0. The fraction of sp³-hybridized carbons (Fsp3) is 0.375. The molecule has 0 bridgehead atoms. The van der Waals surface area contributed by atoms with E-state index in [1.54, 1.807) is 13.0 Å². The van der Waals surface area contributed by atoms with Gasteiger partial charge < -0.3 is 10.1 Å². The van der Waals surface area contributed by atoms with Crippen LogP contribution >= 0.6 is 0 Å². The molecule has 0 saturated heterocycles. The molecule has 0 aromatic heterocycles. The lowest BCUT2D eigenvalue weighted by molar-refractivity contribution is -0.144. The summed E-state index contributed by atoms with van der Waals surface area (Å²) in [6.07, 6.45) is 1.60. The van der Waals surface area contributed by atoms with Crippen molar-refractivity contribution in [2.75, 3.05) is 19.7 Å². The van der Waals surface area contributed by atoms with E-state index >= 15 is 0 Å². The van der Waals surface area contributed by atoms with Crippen LogP contribution in [0.2, 0.25) is 0 Å². The third-order valence-electron chi connectivity index (χ3n) is 2.88. The van der Waals surface area contributed by atoms with Crippen LogP contribution in [0.15, 0.2) is 43.0 Å². The highest BCUT2D eigenvalue weighted by molar-refractivity contribution is 5.75. The summed E-state index contributed by atoms with van der Waals surface area (Å²) in [5.41, 5.74) is 3.62. The molecule has 6 heteroatoms. The Bertz CT molecular complexity index is 491. The molecule has 0 heterocycles. The number of rotatable bonds is 8. The molecule has 6 nitrogen and oxygen atoms in total. The highest BCUT2D eigenvalue weighted by Gasteiger charge is 2.15. The zero-order chi connectivity index (χ0) is 16.4. The molecule has 0 aliphatic heterocycles. The maximum atomic E-state index is 12.0. The van der Waals surface area contributed by atoms with Crippen molar-refractivity contribution in [3.63, 3.8) is 0 Å². The van der Waals surface area contributed by atoms with E-state index in [0.717, 1.165) is 5.56 Å². The standard InChI is InChI=1S/C16H23N3O3/c1-4-11-19(12-15(20)22-5-2)18-16(21)17-13(3)14-9-7-6-8-10-14/h4,6-10,13H,1,5,11-12H2,2-3H3,(H2,17,18,21)/t13-/m1/s1. The second-order valence-electron chi connectivity index (χ2n) is 4.69. The number of carbonyl (C=O) groups is 2. The van der Waals surface area contributed by atoms with E-state index in [1.165, 1.54) is 5.01 Å². The first-order valence-electron chi connectivity index (χ1n) is 7.20. The number of carbonyl (C=O) groups excluding carboxylic acids is 2. The molecule has 120 valence electrons. The van der Waals surface area contributed by atoms with Gasteiger partial charge in [-0.05, 0) is 19.4 Å². The second-order valence-corrected chi connectivity index (χ2v) is 4.69. The highest BCUT2D eigenvalue weighted by Crippen LogP contribution is 2.10. The monoisotopic (exact) mass is 305 g/mol. The minimum absolute atomic E-state index is 0.0347. The quantitative estimate of drug-likeness (QED) is 0.438. The Morgan fingerprint density at radius 2 is 2.05 bits per heavy atom. The summed E-state index contributed by atoms with van der Waals surface area (Å²) < 4.78 is 4.86. The molecule has 1 atom stereocenters. The molecule has 1 aromatic carbocycles. The largest absolute Gasteiger partial charge is 0.465 e.